The van der Waals surface area contributed by atoms with Gasteiger partial charge in [0.15, 0.2) is 0 Å². The van der Waals surface area contributed by atoms with Crippen molar-refractivity contribution >= 4 is 5.97 Å². The number of hydrogen-bond donors (Lipinski definition) is 1. The van der Waals surface area contributed by atoms with Crippen LogP contribution in [-0.4, -0.2) is 11.1 Å². The maximum absolute atomic E-state index is 10.7. The van der Waals surface area contributed by atoms with Crippen LogP contribution in [-0.2, 0) is 6.61 Å². The molecule has 86 valence electrons. The Morgan fingerprint density at radius 3 is 2.41 bits per heavy atom. The number of aromatic carboxylic acids is 1. The molecule has 0 radical (unpaired) electrons. The van der Waals surface area contributed by atoms with Crippen LogP contribution >= 0.6 is 0 Å². The van der Waals surface area contributed by atoms with E-state index in [9.17, 15) is 15.0 Å². The first-order chi connectivity index (χ1) is 8.22. The molecule has 2 aromatic carbocycles. The first-order valence-corrected chi connectivity index (χ1v) is 5.23. The second-order valence-corrected chi connectivity index (χ2v) is 3.68. The van der Waals surface area contributed by atoms with Crippen molar-refractivity contribution in [2.24, 2.45) is 0 Å². The van der Waals surface area contributed by atoms with Crippen LogP contribution in [0.3, 0.4) is 0 Å². The van der Waals surface area contributed by atoms with E-state index in [0.717, 1.165) is 11.1 Å². The van der Waals surface area contributed by atoms with Crippen LogP contribution < -0.4 is 5.11 Å². The molecule has 0 aliphatic carbocycles. The number of hydrogen-bond acceptors (Lipinski definition) is 3. The zero-order chi connectivity index (χ0) is 12.3. The zero-order valence-electron chi connectivity index (χ0n) is 9.09. The Morgan fingerprint density at radius 2 is 1.82 bits per heavy atom. The fourth-order valence-electron chi connectivity index (χ4n) is 1.75. The first-order valence-electron chi connectivity index (χ1n) is 5.23. The highest BCUT2D eigenvalue weighted by atomic mass is 16.4. The molecule has 2 aromatic rings. The van der Waals surface area contributed by atoms with Crippen LogP contribution in [0.2, 0.25) is 0 Å². The smallest absolute Gasteiger partial charge is 0.0715 e. The van der Waals surface area contributed by atoms with E-state index in [1.54, 1.807) is 6.07 Å². The number of rotatable bonds is 3. The lowest BCUT2D eigenvalue weighted by Crippen LogP contribution is -2.22. The van der Waals surface area contributed by atoms with E-state index >= 15 is 0 Å². The van der Waals surface area contributed by atoms with Gasteiger partial charge >= 0.3 is 0 Å². The number of benzene rings is 2. The minimum absolute atomic E-state index is 0.0775. The van der Waals surface area contributed by atoms with Crippen LogP contribution in [0.5, 0.6) is 0 Å². The van der Waals surface area contributed by atoms with Crippen LogP contribution in [0.4, 0.5) is 0 Å². The van der Waals surface area contributed by atoms with E-state index in [1.807, 2.05) is 30.3 Å². The van der Waals surface area contributed by atoms with Crippen LogP contribution in [0.25, 0.3) is 11.1 Å². The number of aliphatic hydroxyl groups excluding tert-OH is 1. The second kappa shape index (κ2) is 4.80. The quantitative estimate of drug-likeness (QED) is 0.857. The van der Waals surface area contributed by atoms with Crippen LogP contribution in [0.1, 0.15) is 15.9 Å². The Morgan fingerprint density at radius 1 is 1.12 bits per heavy atom. The Hall–Kier alpha value is -2.13. The van der Waals surface area contributed by atoms with Crippen molar-refractivity contribution in [3.05, 3.63) is 59.7 Å². The van der Waals surface area contributed by atoms with Gasteiger partial charge in [-0.15, -0.1) is 0 Å². The van der Waals surface area contributed by atoms with Crippen LogP contribution in [0, 0.1) is 0 Å². The molecule has 1 N–H and O–H groups in total. The molecule has 0 amide bonds. The fourth-order valence-corrected chi connectivity index (χ4v) is 1.75. The van der Waals surface area contributed by atoms with Gasteiger partial charge in [-0.1, -0.05) is 42.5 Å². The maximum atomic E-state index is 10.7. The molecule has 17 heavy (non-hydrogen) atoms. The Balaban J connectivity index is 2.52. The lowest BCUT2D eigenvalue weighted by molar-refractivity contribution is -0.255. The van der Waals surface area contributed by atoms with E-state index in [0.29, 0.717) is 5.56 Å². The van der Waals surface area contributed by atoms with Gasteiger partial charge in [0.25, 0.3) is 0 Å². The van der Waals surface area contributed by atoms with E-state index in [2.05, 4.69) is 0 Å². The highest BCUT2D eigenvalue weighted by Gasteiger charge is 2.05. The highest BCUT2D eigenvalue weighted by Crippen LogP contribution is 2.24. The summed E-state index contributed by atoms with van der Waals surface area (Å²) in [5, 5.41) is 20.0. The Labute approximate surface area is 99.0 Å². The lowest BCUT2D eigenvalue weighted by atomic mass is 9.98. The summed E-state index contributed by atoms with van der Waals surface area (Å²) in [5.41, 5.74) is 2.44. The molecule has 0 saturated heterocycles. The van der Waals surface area contributed by atoms with E-state index in [4.69, 9.17) is 0 Å². The maximum Gasteiger partial charge on any atom is 0.0715 e. The van der Waals surface area contributed by atoms with Crippen molar-refractivity contribution < 1.29 is 15.0 Å². The largest absolute Gasteiger partial charge is 0.545 e. The summed E-state index contributed by atoms with van der Waals surface area (Å²) in [6.07, 6.45) is 0. The third-order valence-electron chi connectivity index (χ3n) is 2.60. The minimum Gasteiger partial charge on any atom is -0.545 e. The minimum atomic E-state index is -1.24. The molecular weight excluding hydrogens is 216 g/mol. The summed E-state index contributed by atoms with van der Waals surface area (Å²) in [6, 6.07) is 14.1. The van der Waals surface area contributed by atoms with Crippen molar-refractivity contribution in [2.75, 3.05) is 0 Å². The molecule has 0 aliphatic heterocycles. The molecule has 0 saturated carbocycles. The van der Waals surface area contributed by atoms with Crippen molar-refractivity contribution in [1.82, 2.24) is 0 Å². The highest BCUT2D eigenvalue weighted by molar-refractivity contribution is 5.87. The van der Waals surface area contributed by atoms with Gasteiger partial charge in [-0.3, -0.25) is 0 Å². The molecule has 2 rings (SSSR count). The second-order valence-electron chi connectivity index (χ2n) is 3.68. The van der Waals surface area contributed by atoms with Crippen molar-refractivity contribution in [3.63, 3.8) is 0 Å². The zero-order valence-corrected chi connectivity index (χ0v) is 9.09. The number of carboxylic acids is 1. The summed E-state index contributed by atoms with van der Waals surface area (Å²) in [4.78, 5) is 10.7. The molecule has 0 atom stereocenters. The molecule has 0 bridgehead atoms. The van der Waals surface area contributed by atoms with Gasteiger partial charge in [0.1, 0.15) is 0 Å². The summed E-state index contributed by atoms with van der Waals surface area (Å²) in [6.45, 7) is -0.203. The van der Waals surface area contributed by atoms with Crippen molar-refractivity contribution in [3.8, 4) is 11.1 Å². The lowest BCUT2D eigenvalue weighted by Gasteiger charge is -2.10. The van der Waals surface area contributed by atoms with Crippen LogP contribution in [0.15, 0.2) is 48.5 Å². The van der Waals surface area contributed by atoms with Crippen molar-refractivity contribution in [1.29, 1.82) is 0 Å². The van der Waals surface area contributed by atoms with Gasteiger partial charge in [0.2, 0.25) is 0 Å². The summed E-state index contributed by atoms with van der Waals surface area (Å²) >= 11 is 0. The average molecular weight is 227 g/mol. The molecule has 0 aliphatic rings. The Kier molecular flexibility index (Phi) is 3.21. The molecular formula is C14H11O3-. The molecule has 0 spiro atoms. The van der Waals surface area contributed by atoms with Gasteiger partial charge in [0, 0.05) is 0 Å². The normalized spacial score (nSPS) is 10.2. The number of carboxylic acid groups (broad SMARTS) is 1. The Bertz CT molecular complexity index is 532. The third-order valence-corrected chi connectivity index (χ3v) is 2.60. The summed E-state index contributed by atoms with van der Waals surface area (Å²) < 4.78 is 0. The summed E-state index contributed by atoms with van der Waals surface area (Å²) in [5.74, 6) is -1.24. The molecule has 0 fully saturated rings. The summed E-state index contributed by atoms with van der Waals surface area (Å²) in [7, 11) is 0. The van der Waals surface area contributed by atoms with E-state index < -0.39 is 5.97 Å². The SMILES string of the molecule is O=C([O-])c1ccc(-c2ccccc2)c(CO)c1. The fraction of sp³-hybridized carbons (Fsp3) is 0.0714. The predicted octanol–water partition coefficient (Wildman–Crippen LogP) is 1.21. The monoisotopic (exact) mass is 227 g/mol. The van der Waals surface area contributed by atoms with Crippen molar-refractivity contribution in [2.45, 2.75) is 6.61 Å². The van der Waals surface area contributed by atoms with Gasteiger partial charge < -0.3 is 15.0 Å². The predicted molar refractivity (Wildman–Crippen MR) is 62.1 cm³/mol. The molecule has 0 aromatic heterocycles. The third kappa shape index (κ3) is 2.34. The standard InChI is InChI=1S/C14H12O3/c15-9-12-8-11(14(16)17)6-7-13(12)10-4-2-1-3-5-10/h1-8,15H,9H2,(H,16,17)/p-1. The molecule has 0 unspecified atom stereocenters. The van der Waals surface area contributed by atoms with E-state index in [-0.39, 0.29) is 12.2 Å². The number of aliphatic hydroxyl groups is 1. The van der Waals surface area contributed by atoms with Gasteiger partial charge in [-0.2, -0.15) is 0 Å². The number of carbonyl (C=O) groups excluding carboxylic acids is 1. The number of carbonyl (C=O) groups is 1. The van der Waals surface area contributed by atoms with Gasteiger partial charge in [-0.05, 0) is 28.3 Å². The molecule has 3 nitrogen and oxygen atoms in total. The first kappa shape index (κ1) is 11.4. The average Bonchev–Trinajstić information content (AvgIpc) is 2.39. The van der Waals surface area contributed by atoms with Gasteiger partial charge in [0.05, 0.1) is 12.6 Å². The topological polar surface area (TPSA) is 60.4 Å². The molecule has 3 heteroatoms. The van der Waals surface area contributed by atoms with E-state index in [1.165, 1.54) is 12.1 Å². The molecule has 0 heterocycles. The van der Waals surface area contributed by atoms with Gasteiger partial charge in [-0.25, -0.2) is 0 Å².